The van der Waals surface area contributed by atoms with Crippen molar-refractivity contribution >= 4 is 87.1 Å². The van der Waals surface area contributed by atoms with E-state index >= 15 is 0 Å². The van der Waals surface area contributed by atoms with Gasteiger partial charge in [0, 0.05) is 107 Å². The van der Waals surface area contributed by atoms with E-state index < -0.39 is 19.7 Å². The van der Waals surface area contributed by atoms with Gasteiger partial charge in [-0.3, -0.25) is 55.7 Å². The Labute approximate surface area is 509 Å². The van der Waals surface area contributed by atoms with Gasteiger partial charge in [-0.25, -0.2) is 55.9 Å². The molecule has 0 fully saturated rings. The van der Waals surface area contributed by atoms with Gasteiger partial charge in [-0.15, -0.1) is 0 Å². The average Bonchev–Trinajstić information content (AvgIpc) is 1.63. The van der Waals surface area contributed by atoms with Crippen LogP contribution in [0.2, 0.25) is 0 Å². The van der Waals surface area contributed by atoms with Crippen molar-refractivity contribution in [3.63, 3.8) is 0 Å². The van der Waals surface area contributed by atoms with Crippen LogP contribution in [-0.4, -0.2) is 91.6 Å². The second kappa shape index (κ2) is 25.9. The first kappa shape index (κ1) is 66.1. The number of nitrogen functional groups attached to an aromatic ring is 4. The number of aromatic nitrogens is 16. The SMILES string of the molecule is Cn1c(=O)c2c(ncn2C)n(C)c1=O.Cn1c(=O)c2c(ncn2C)n(C)c1=O.Cn1c(=O)c2c(ncn2C)n(C)c1=O.Cn1c(=O)c2c(ncn2C)n(C)c1=O.Nc1ccc(S(=O)(=O)c2ccc(N)cc2)cc1.Nc1ccc(S(=O)(=O)c2ccc(N)cc2)cc1. The molecular weight excluding hydrogens is 1210 g/mol. The summed E-state index contributed by atoms with van der Waals surface area (Å²) in [6.07, 6.45) is 6.08. The third kappa shape index (κ3) is 12.8. The van der Waals surface area contributed by atoms with Crippen LogP contribution < -0.4 is 67.9 Å². The zero-order chi connectivity index (χ0) is 66.8. The average molecular weight is 1270 g/mol. The maximum absolute atomic E-state index is 12.2. The maximum atomic E-state index is 12.2. The summed E-state index contributed by atoms with van der Waals surface area (Å²) in [5.74, 6) is 0. The Hall–Kier alpha value is -11.4. The van der Waals surface area contributed by atoms with Gasteiger partial charge in [-0.1, -0.05) is 0 Å². The molecule has 472 valence electrons. The summed E-state index contributed by atoms with van der Waals surface area (Å²) >= 11 is 0. The minimum absolute atomic E-state index is 0.219. The van der Waals surface area contributed by atoms with E-state index in [0.29, 0.717) is 67.4 Å². The zero-order valence-corrected chi connectivity index (χ0v) is 52.4. The first-order valence-corrected chi connectivity index (χ1v) is 29.3. The molecule has 0 aliphatic rings. The molecule has 0 saturated carbocycles. The molecule has 0 atom stereocenters. The summed E-state index contributed by atoms with van der Waals surface area (Å²) in [5.41, 5.74) is 24.9. The van der Waals surface area contributed by atoms with E-state index in [0.717, 1.165) is 18.3 Å². The Bertz CT molecular complexity index is 4800. The molecule has 12 rings (SSSR count). The molecule has 32 nitrogen and oxygen atoms in total. The lowest BCUT2D eigenvalue weighted by Gasteiger charge is -2.05. The Morgan fingerprint density at radius 1 is 0.267 bits per heavy atom. The molecule has 12 aromatic rings. The Kier molecular flexibility index (Phi) is 19.0. The van der Waals surface area contributed by atoms with Crippen molar-refractivity contribution in [2.24, 2.45) is 84.6 Å². The zero-order valence-electron chi connectivity index (χ0n) is 50.7. The quantitative estimate of drug-likeness (QED) is 0.158. The number of benzene rings is 4. The van der Waals surface area contributed by atoms with Crippen molar-refractivity contribution in [2.45, 2.75) is 19.6 Å². The molecule has 8 heterocycles. The highest BCUT2D eigenvalue weighted by atomic mass is 32.2. The van der Waals surface area contributed by atoms with Gasteiger partial charge in [0.15, 0.2) is 44.7 Å². The minimum Gasteiger partial charge on any atom is -0.399 e. The number of sulfone groups is 2. The standard InChI is InChI=1S/2C12H12N2O2S.4C8H10N4O2/c2*13-9-1-5-11(6-2-9)17(15,16)12-7-3-10(14)4-8-12;4*1-10-4-9-6-5(10)7(13)12(3)8(14)11(6)2/h2*1-8H,13-14H2;4*4H,1-3H3. The van der Waals surface area contributed by atoms with Gasteiger partial charge in [-0.05, 0) is 97.1 Å². The van der Waals surface area contributed by atoms with E-state index in [1.54, 1.807) is 123 Å². The first-order chi connectivity index (χ1) is 42.1. The molecule has 0 unspecified atom stereocenters. The monoisotopic (exact) mass is 1270 g/mol. The number of aryl methyl sites for hydroxylation is 8. The largest absolute Gasteiger partial charge is 0.399 e. The van der Waals surface area contributed by atoms with Gasteiger partial charge in [0.2, 0.25) is 19.7 Å². The van der Waals surface area contributed by atoms with Gasteiger partial charge < -0.3 is 41.2 Å². The fourth-order valence-electron chi connectivity index (χ4n) is 8.74. The lowest BCUT2D eigenvalue weighted by atomic mass is 10.3. The molecule has 0 aliphatic carbocycles. The molecule has 8 N–H and O–H groups in total. The fourth-order valence-corrected chi connectivity index (χ4v) is 11.3. The topological polar surface area (TPSA) is 420 Å². The van der Waals surface area contributed by atoms with E-state index in [-0.39, 0.29) is 64.6 Å². The van der Waals surface area contributed by atoms with Gasteiger partial charge in [0.25, 0.3) is 22.2 Å². The fraction of sp³-hybridized carbons (Fsp3) is 0.214. The normalized spacial score (nSPS) is 11.2. The highest BCUT2D eigenvalue weighted by Gasteiger charge is 2.20. The smallest absolute Gasteiger partial charge is 0.332 e. The number of anilines is 4. The number of imidazole rings is 4. The van der Waals surface area contributed by atoms with Crippen LogP contribution in [0.25, 0.3) is 44.7 Å². The van der Waals surface area contributed by atoms with Crippen LogP contribution in [0.15, 0.2) is 180 Å². The van der Waals surface area contributed by atoms with E-state index in [9.17, 15) is 55.2 Å². The third-order valence-electron chi connectivity index (χ3n) is 14.0. The van der Waals surface area contributed by atoms with Crippen molar-refractivity contribution in [1.29, 1.82) is 0 Å². The lowest BCUT2D eigenvalue weighted by Crippen LogP contribution is -2.37. The van der Waals surface area contributed by atoms with E-state index in [1.165, 1.54) is 120 Å². The van der Waals surface area contributed by atoms with Crippen LogP contribution in [-0.2, 0) is 104 Å². The van der Waals surface area contributed by atoms with Crippen LogP contribution in [0.1, 0.15) is 0 Å². The summed E-state index contributed by atoms with van der Waals surface area (Å²) < 4.78 is 64.9. The number of nitrogens with two attached hydrogens (primary N) is 4. The Morgan fingerprint density at radius 2 is 0.422 bits per heavy atom. The van der Waals surface area contributed by atoms with Gasteiger partial charge >= 0.3 is 22.8 Å². The lowest BCUT2D eigenvalue weighted by molar-refractivity contribution is 0.594. The van der Waals surface area contributed by atoms with Gasteiger partial charge in [0.05, 0.1) is 44.9 Å². The molecule has 0 radical (unpaired) electrons. The summed E-state index contributed by atoms with van der Waals surface area (Å²) in [5, 5.41) is 0. The summed E-state index contributed by atoms with van der Waals surface area (Å²) in [7, 11) is 12.1. The number of nitrogens with zero attached hydrogens (tertiary/aromatic N) is 16. The van der Waals surface area contributed by atoms with Crippen molar-refractivity contribution in [2.75, 3.05) is 22.9 Å². The van der Waals surface area contributed by atoms with Crippen molar-refractivity contribution in [3.8, 4) is 0 Å². The number of rotatable bonds is 4. The molecular formula is C56H64N20O12S2. The Balaban J connectivity index is 0.000000154. The van der Waals surface area contributed by atoms with E-state index in [4.69, 9.17) is 22.9 Å². The highest BCUT2D eigenvalue weighted by molar-refractivity contribution is 7.91. The predicted octanol–water partition coefficient (Wildman–Crippen LogP) is -0.750. The van der Waals surface area contributed by atoms with Crippen LogP contribution in [0.4, 0.5) is 22.7 Å². The molecule has 34 heteroatoms. The molecule has 4 aromatic carbocycles. The molecule has 90 heavy (non-hydrogen) atoms. The van der Waals surface area contributed by atoms with E-state index in [2.05, 4.69) is 19.9 Å². The van der Waals surface area contributed by atoms with Crippen molar-refractivity contribution < 1.29 is 16.8 Å². The molecule has 0 spiro atoms. The second-order valence-electron chi connectivity index (χ2n) is 20.2. The maximum Gasteiger partial charge on any atom is 0.332 e. The van der Waals surface area contributed by atoms with Crippen LogP contribution >= 0.6 is 0 Å². The summed E-state index contributed by atoms with van der Waals surface area (Å²) in [6, 6.07) is 24.4. The number of fused-ring (bicyclic) bond motifs is 4. The van der Waals surface area contributed by atoms with Crippen molar-refractivity contribution in [3.05, 3.63) is 206 Å². The Morgan fingerprint density at radius 3 is 0.578 bits per heavy atom. The second-order valence-corrected chi connectivity index (χ2v) is 24.1. The number of hydrogen-bond acceptors (Lipinski definition) is 20. The van der Waals surface area contributed by atoms with Crippen LogP contribution in [0.5, 0.6) is 0 Å². The highest BCUT2D eigenvalue weighted by Crippen LogP contribution is 2.24. The molecule has 0 saturated heterocycles. The van der Waals surface area contributed by atoms with E-state index in [1.807, 2.05) is 0 Å². The molecule has 0 amide bonds. The summed E-state index contributed by atoms with van der Waals surface area (Å²) in [4.78, 5) is 109. The first-order valence-electron chi connectivity index (χ1n) is 26.4. The van der Waals surface area contributed by atoms with Gasteiger partial charge in [0.1, 0.15) is 0 Å². The van der Waals surface area contributed by atoms with Crippen molar-refractivity contribution in [1.82, 2.24) is 74.7 Å². The minimum atomic E-state index is -3.48. The van der Waals surface area contributed by atoms with Crippen LogP contribution in [0.3, 0.4) is 0 Å². The third-order valence-corrected chi connectivity index (χ3v) is 17.6. The van der Waals surface area contributed by atoms with Crippen LogP contribution in [0, 0.1) is 0 Å². The molecule has 0 aliphatic heterocycles. The van der Waals surface area contributed by atoms with Gasteiger partial charge in [-0.2, -0.15) is 0 Å². The molecule has 8 aromatic heterocycles. The number of hydrogen-bond donors (Lipinski definition) is 4. The molecule has 0 bridgehead atoms. The predicted molar refractivity (Wildman–Crippen MR) is 339 cm³/mol. The summed E-state index contributed by atoms with van der Waals surface area (Å²) in [6.45, 7) is 0.